The van der Waals surface area contributed by atoms with Crippen molar-refractivity contribution >= 4 is 40.4 Å². The number of furan rings is 1. The molecule has 1 aromatic carbocycles. The molecule has 8 heteroatoms. The second kappa shape index (κ2) is 6.85. The van der Waals surface area contributed by atoms with Crippen LogP contribution in [0.4, 0.5) is 0 Å². The van der Waals surface area contributed by atoms with Crippen molar-refractivity contribution in [1.82, 2.24) is 14.5 Å². The summed E-state index contributed by atoms with van der Waals surface area (Å²) in [6, 6.07) is 7.37. The highest BCUT2D eigenvalue weighted by Crippen LogP contribution is 2.24. The molecule has 0 spiro atoms. The van der Waals surface area contributed by atoms with Gasteiger partial charge in [0.25, 0.3) is 5.56 Å². The molecule has 2 aromatic heterocycles. The average Bonchev–Trinajstić information content (AvgIpc) is 3.22. The number of fused-ring (bicyclic) bond motifs is 3. The summed E-state index contributed by atoms with van der Waals surface area (Å²) in [5.74, 6) is 0.256. The third-order valence-corrected chi connectivity index (χ3v) is 4.63. The first-order valence-corrected chi connectivity index (χ1v) is 8.02. The van der Waals surface area contributed by atoms with Crippen LogP contribution in [-0.2, 0) is 11.3 Å². The number of aromatic nitrogens is 2. The van der Waals surface area contributed by atoms with Crippen LogP contribution in [0.15, 0.2) is 39.8 Å². The first kappa shape index (κ1) is 17.4. The van der Waals surface area contributed by atoms with Gasteiger partial charge in [-0.25, -0.2) is 4.98 Å². The maximum absolute atomic E-state index is 12.6. The molecule has 0 bridgehead atoms. The van der Waals surface area contributed by atoms with E-state index in [9.17, 15) is 9.59 Å². The van der Waals surface area contributed by atoms with Gasteiger partial charge in [0, 0.05) is 18.5 Å². The van der Waals surface area contributed by atoms with Gasteiger partial charge in [0.1, 0.15) is 17.6 Å². The minimum Gasteiger partial charge on any atom is -0.448 e. The zero-order chi connectivity index (χ0) is 16.7. The molecule has 1 aliphatic heterocycles. The Labute approximate surface area is 149 Å². The number of carbonyl (C=O) groups is 1. The lowest BCUT2D eigenvalue weighted by molar-refractivity contribution is -0.130. The monoisotopic (exact) mass is 362 g/mol. The lowest BCUT2D eigenvalue weighted by Gasteiger charge is -2.16. The number of nitrogens with zero attached hydrogens (tertiary/aromatic N) is 3. The van der Waals surface area contributed by atoms with Crippen LogP contribution in [-0.4, -0.2) is 40.0 Å². The van der Waals surface area contributed by atoms with E-state index >= 15 is 0 Å². The van der Waals surface area contributed by atoms with Crippen LogP contribution < -0.4 is 11.3 Å². The number of benzene rings is 1. The molecule has 1 amide bonds. The van der Waals surface area contributed by atoms with E-state index in [4.69, 9.17) is 10.2 Å². The Balaban J connectivity index is 0.00000182. The molecule has 1 saturated heterocycles. The normalized spacial score (nSPS) is 17.2. The highest BCUT2D eigenvalue weighted by molar-refractivity contribution is 6.01. The Bertz CT molecular complexity index is 981. The number of halogens is 1. The lowest BCUT2D eigenvalue weighted by Crippen LogP contribution is -2.35. The van der Waals surface area contributed by atoms with E-state index in [0.717, 1.165) is 11.8 Å². The fourth-order valence-electron chi connectivity index (χ4n) is 3.23. The van der Waals surface area contributed by atoms with E-state index in [1.165, 1.54) is 10.9 Å². The number of carbonyl (C=O) groups excluding carboxylic acids is 1. The van der Waals surface area contributed by atoms with Gasteiger partial charge in [-0.05, 0) is 31.0 Å². The number of hydrogen-bond donors (Lipinski definition) is 1. The first-order chi connectivity index (χ1) is 11.7. The molecule has 3 heterocycles. The van der Waals surface area contributed by atoms with E-state index in [2.05, 4.69) is 4.98 Å². The SMILES string of the molecule is Cl.NCC1CCN(C(=O)Cn2cnc3c(oc4ccccc43)c2=O)C1. The standard InChI is InChI=1S/C17H18N4O3.ClH/c18-7-11-5-6-20(8-11)14(22)9-21-10-19-15-12-3-1-2-4-13(12)24-16(15)17(21)23;/h1-4,10-11H,5-9,18H2;1H. The zero-order valence-corrected chi connectivity index (χ0v) is 14.4. The Hall–Kier alpha value is -2.38. The van der Waals surface area contributed by atoms with Gasteiger partial charge in [0.15, 0.2) is 0 Å². The van der Waals surface area contributed by atoms with Crippen LogP contribution in [0.2, 0.25) is 0 Å². The molecule has 7 nitrogen and oxygen atoms in total. The molecular weight excluding hydrogens is 344 g/mol. The van der Waals surface area contributed by atoms with Crippen LogP contribution in [0.25, 0.3) is 22.1 Å². The number of nitrogens with two attached hydrogens (primary N) is 1. The van der Waals surface area contributed by atoms with Crippen LogP contribution in [0.1, 0.15) is 6.42 Å². The summed E-state index contributed by atoms with van der Waals surface area (Å²) in [7, 11) is 0. The summed E-state index contributed by atoms with van der Waals surface area (Å²) >= 11 is 0. The van der Waals surface area contributed by atoms with Gasteiger partial charge in [-0.2, -0.15) is 0 Å². The molecule has 4 rings (SSSR count). The summed E-state index contributed by atoms with van der Waals surface area (Å²) in [5, 5.41) is 0.799. The van der Waals surface area contributed by atoms with Crippen molar-refractivity contribution in [2.75, 3.05) is 19.6 Å². The van der Waals surface area contributed by atoms with E-state index in [1.807, 2.05) is 18.2 Å². The van der Waals surface area contributed by atoms with Gasteiger partial charge in [0.2, 0.25) is 11.5 Å². The molecule has 2 N–H and O–H groups in total. The Morgan fingerprint density at radius 3 is 2.92 bits per heavy atom. The van der Waals surface area contributed by atoms with Gasteiger partial charge < -0.3 is 15.1 Å². The first-order valence-electron chi connectivity index (χ1n) is 8.02. The van der Waals surface area contributed by atoms with Crippen molar-refractivity contribution in [2.45, 2.75) is 13.0 Å². The number of rotatable bonds is 3. The predicted molar refractivity (Wildman–Crippen MR) is 96.8 cm³/mol. The van der Waals surface area contributed by atoms with Crippen molar-refractivity contribution in [3.05, 3.63) is 40.9 Å². The molecule has 3 aromatic rings. The number of amides is 1. The quantitative estimate of drug-likeness (QED) is 0.759. The molecule has 1 fully saturated rings. The average molecular weight is 363 g/mol. The number of para-hydroxylation sites is 1. The summed E-state index contributed by atoms with van der Waals surface area (Å²) in [6.45, 7) is 1.90. The highest BCUT2D eigenvalue weighted by Gasteiger charge is 2.25. The number of hydrogen-bond acceptors (Lipinski definition) is 5. The minimum atomic E-state index is -0.334. The van der Waals surface area contributed by atoms with E-state index in [1.54, 1.807) is 11.0 Å². The van der Waals surface area contributed by atoms with Crippen LogP contribution in [0.5, 0.6) is 0 Å². The molecule has 0 saturated carbocycles. The van der Waals surface area contributed by atoms with E-state index < -0.39 is 0 Å². The van der Waals surface area contributed by atoms with Crippen LogP contribution >= 0.6 is 12.4 Å². The fourth-order valence-corrected chi connectivity index (χ4v) is 3.23. The lowest BCUT2D eigenvalue weighted by atomic mass is 10.1. The molecule has 0 aliphatic carbocycles. The Morgan fingerprint density at radius 1 is 1.36 bits per heavy atom. The largest absolute Gasteiger partial charge is 0.448 e. The van der Waals surface area contributed by atoms with Gasteiger partial charge in [-0.15, -0.1) is 12.4 Å². The summed E-state index contributed by atoms with van der Waals surface area (Å²) in [5.41, 5.74) is 6.66. The summed E-state index contributed by atoms with van der Waals surface area (Å²) in [6.07, 6.45) is 2.33. The van der Waals surface area contributed by atoms with E-state index in [0.29, 0.717) is 36.7 Å². The van der Waals surface area contributed by atoms with Gasteiger partial charge >= 0.3 is 0 Å². The smallest absolute Gasteiger partial charge is 0.297 e. The second-order valence-corrected chi connectivity index (χ2v) is 6.18. The molecular formula is C17H19ClN4O3. The van der Waals surface area contributed by atoms with Gasteiger partial charge in [0.05, 0.1) is 6.33 Å². The maximum Gasteiger partial charge on any atom is 0.297 e. The molecule has 132 valence electrons. The van der Waals surface area contributed by atoms with Crippen molar-refractivity contribution < 1.29 is 9.21 Å². The van der Waals surface area contributed by atoms with Crippen molar-refractivity contribution in [3.63, 3.8) is 0 Å². The predicted octanol–water partition coefficient (Wildman–Crippen LogP) is 1.37. The van der Waals surface area contributed by atoms with Crippen LogP contribution in [0.3, 0.4) is 0 Å². The molecule has 1 unspecified atom stereocenters. The third-order valence-electron chi connectivity index (χ3n) is 4.63. The molecule has 25 heavy (non-hydrogen) atoms. The third kappa shape index (κ3) is 3.01. The minimum absolute atomic E-state index is 0. The fraction of sp³-hybridized carbons (Fsp3) is 0.353. The maximum atomic E-state index is 12.6. The van der Waals surface area contributed by atoms with E-state index in [-0.39, 0.29) is 36.0 Å². The van der Waals surface area contributed by atoms with Crippen molar-refractivity contribution in [2.24, 2.45) is 11.7 Å². The Morgan fingerprint density at radius 2 is 2.16 bits per heavy atom. The van der Waals surface area contributed by atoms with Gasteiger partial charge in [-0.1, -0.05) is 12.1 Å². The topological polar surface area (TPSA) is 94.4 Å². The second-order valence-electron chi connectivity index (χ2n) is 6.18. The molecule has 1 atom stereocenters. The molecule has 1 aliphatic rings. The zero-order valence-electron chi connectivity index (χ0n) is 13.6. The Kier molecular flexibility index (Phi) is 4.78. The van der Waals surface area contributed by atoms with Crippen LogP contribution in [0, 0.1) is 5.92 Å². The van der Waals surface area contributed by atoms with Crippen molar-refractivity contribution in [1.29, 1.82) is 0 Å². The summed E-state index contributed by atoms with van der Waals surface area (Å²) < 4.78 is 6.94. The van der Waals surface area contributed by atoms with Gasteiger partial charge in [-0.3, -0.25) is 14.2 Å². The summed E-state index contributed by atoms with van der Waals surface area (Å²) in [4.78, 5) is 31.1. The molecule has 0 radical (unpaired) electrons. The highest BCUT2D eigenvalue weighted by atomic mass is 35.5. The van der Waals surface area contributed by atoms with Crippen molar-refractivity contribution in [3.8, 4) is 0 Å². The number of likely N-dealkylation sites (tertiary alicyclic amines) is 1.